The van der Waals surface area contributed by atoms with Gasteiger partial charge in [0.25, 0.3) is 0 Å². The molecule has 18 heavy (non-hydrogen) atoms. The molecule has 3 nitrogen and oxygen atoms in total. The van der Waals surface area contributed by atoms with Gasteiger partial charge in [-0.15, -0.1) is 0 Å². The third kappa shape index (κ3) is 1.97. The van der Waals surface area contributed by atoms with Crippen LogP contribution in [0.4, 0.5) is 10.1 Å². The number of phenols is 1. The summed E-state index contributed by atoms with van der Waals surface area (Å²) in [5.74, 6) is 0.578. The Morgan fingerprint density at radius 1 is 1.22 bits per heavy atom. The standard InChI is InChI=1S/C14H12FNO2/c15-9-2-1-3-10(6-9)16-13-8-18-14-7-11(17)4-5-12(13)14/h1-7,13,16-17H,8H2. The van der Waals surface area contributed by atoms with Crippen molar-refractivity contribution < 1.29 is 14.2 Å². The van der Waals surface area contributed by atoms with Crippen LogP contribution >= 0.6 is 0 Å². The quantitative estimate of drug-likeness (QED) is 0.854. The molecule has 1 aliphatic heterocycles. The first-order valence-corrected chi connectivity index (χ1v) is 5.70. The topological polar surface area (TPSA) is 41.5 Å². The van der Waals surface area contributed by atoms with Crippen LogP contribution in [0, 0.1) is 5.82 Å². The minimum Gasteiger partial charge on any atom is -0.508 e. The van der Waals surface area contributed by atoms with E-state index < -0.39 is 0 Å². The fraction of sp³-hybridized carbons (Fsp3) is 0.143. The maximum atomic E-state index is 13.1. The highest BCUT2D eigenvalue weighted by molar-refractivity contribution is 5.51. The molecule has 2 aromatic carbocycles. The van der Waals surface area contributed by atoms with Crippen LogP contribution in [0.2, 0.25) is 0 Å². The van der Waals surface area contributed by atoms with Crippen LogP contribution in [0.3, 0.4) is 0 Å². The van der Waals surface area contributed by atoms with Gasteiger partial charge in [-0.1, -0.05) is 6.07 Å². The first-order valence-electron chi connectivity index (χ1n) is 5.70. The van der Waals surface area contributed by atoms with Crippen molar-refractivity contribution in [1.82, 2.24) is 0 Å². The number of rotatable bonds is 2. The second-order valence-electron chi connectivity index (χ2n) is 4.24. The molecule has 1 aliphatic rings. The minimum absolute atomic E-state index is 0.0256. The Bertz CT molecular complexity index is 586. The summed E-state index contributed by atoms with van der Waals surface area (Å²) in [5.41, 5.74) is 1.68. The number of phenolic OH excluding ortho intramolecular Hbond substituents is 1. The van der Waals surface area contributed by atoms with Crippen molar-refractivity contribution in [3.63, 3.8) is 0 Å². The number of hydrogen-bond acceptors (Lipinski definition) is 3. The predicted molar refractivity (Wildman–Crippen MR) is 66.4 cm³/mol. The van der Waals surface area contributed by atoms with Gasteiger partial charge in [-0.3, -0.25) is 0 Å². The average Bonchev–Trinajstić information content (AvgIpc) is 2.72. The lowest BCUT2D eigenvalue weighted by Gasteiger charge is -2.13. The molecule has 4 heteroatoms. The fourth-order valence-corrected chi connectivity index (χ4v) is 2.10. The number of fused-ring (bicyclic) bond motifs is 1. The van der Waals surface area contributed by atoms with Crippen molar-refractivity contribution in [2.45, 2.75) is 6.04 Å². The maximum absolute atomic E-state index is 13.1. The lowest BCUT2D eigenvalue weighted by Crippen LogP contribution is -2.11. The lowest BCUT2D eigenvalue weighted by molar-refractivity contribution is 0.338. The molecule has 0 spiro atoms. The summed E-state index contributed by atoms with van der Waals surface area (Å²) in [5, 5.41) is 12.6. The van der Waals surface area contributed by atoms with E-state index in [0.717, 1.165) is 5.56 Å². The third-order valence-corrected chi connectivity index (χ3v) is 2.94. The molecule has 1 unspecified atom stereocenters. The van der Waals surface area contributed by atoms with E-state index in [1.165, 1.54) is 12.1 Å². The summed E-state index contributed by atoms with van der Waals surface area (Å²) in [4.78, 5) is 0. The van der Waals surface area contributed by atoms with Crippen LogP contribution in [0.25, 0.3) is 0 Å². The van der Waals surface area contributed by atoms with Gasteiger partial charge in [-0.2, -0.15) is 0 Å². The Hall–Kier alpha value is -2.23. The van der Waals surface area contributed by atoms with Crippen molar-refractivity contribution in [3.8, 4) is 11.5 Å². The SMILES string of the molecule is Oc1ccc2c(c1)OCC2Nc1cccc(F)c1. The average molecular weight is 245 g/mol. The first kappa shape index (κ1) is 10.9. The summed E-state index contributed by atoms with van der Waals surface area (Å²) in [6.45, 7) is 0.468. The molecule has 0 saturated heterocycles. The number of nitrogens with one attached hydrogen (secondary N) is 1. The van der Waals surface area contributed by atoms with Crippen LogP contribution in [-0.4, -0.2) is 11.7 Å². The van der Waals surface area contributed by atoms with Gasteiger partial charge >= 0.3 is 0 Å². The summed E-state index contributed by atoms with van der Waals surface area (Å²) in [7, 11) is 0. The molecule has 0 aromatic heterocycles. The van der Waals surface area contributed by atoms with E-state index >= 15 is 0 Å². The van der Waals surface area contributed by atoms with E-state index in [0.29, 0.717) is 18.0 Å². The van der Waals surface area contributed by atoms with E-state index in [2.05, 4.69) is 5.32 Å². The van der Waals surface area contributed by atoms with Crippen molar-refractivity contribution in [3.05, 3.63) is 53.8 Å². The van der Waals surface area contributed by atoms with Gasteiger partial charge in [0, 0.05) is 17.3 Å². The molecule has 2 aromatic rings. The highest BCUT2D eigenvalue weighted by atomic mass is 19.1. The van der Waals surface area contributed by atoms with Crippen LogP contribution in [-0.2, 0) is 0 Å². The second-order valence-corrected chi connectivity index (χ2v) is 4.24. The second kappa shape index (κ2) is 4.22. The van der Waals surface area contributed by atoms with Crippen molar-refractivity contribution >= 4 is 5.69 Å². The zero-order valence-corrected chi connectivity index (χ0v) is 9.56. The largest absolute Gasteiger partial charge is 0.508 e. The van der Waals surface area contributed by atoms with Crippen molar-refractivity contribution in [2.75, 3.05) is 11.9 Å². The maximum Gasteiger partial charge on any atom is 0.128 e. The number of aromatic hydroxyl groups is 1. The van der Waals surface area contributed by atoms with Crippen molar-refractivity contribution in [1.29, 1.82) is 0 Å². The minimum atomic E-state index is -0.273. The van der Waals surface area contributed by atoms with E-state index in [1.54, 1.807) is 18.2 Å². The number of halogens is 1. The van der Waals surface area contributed by atoms with Gasteiger partial charge < -0.3 is 15.2 Å². The molecule has 3 rings (SSSR count). The first-order chi connectivity index (χ1) is 8.72. The van der Waals surface area contributed by atoms with Crippen molar-refractivity contribution in [2.24, 2.45) is 0 Å². The molecular formula is C14H12FNO2. The van der Waals surface area contributed by atoms with E-state index in [4.69, 9.17) is 4.74 Å². The fourth-order valence-electron chi connectivity index (χ4n) is 2.10. The number of anilines is 1. The molecule has 0 fully saturated rings. The van der Waals surface area contributed by atoms with Gasteiger partial charge in [0.15, 0.2) is 0 Å². The number of ether oxygens (including phenoxy) is 1. The molecule has 0 amide bonds. The van der Waals surface area contributed by atoms with Gasteiger partial charge in [0.2, 0.25) is 0 Å². The highest BCUT2D eigenvalue weighted by Gasteiger charge is 2.24. The molecule has 0 bridgehead atoms. The van der Waals surface area contributed by atoms with Crippen LogP contribution in [0.5, 0.6) is 11.5 Å². The van der Waals surface area contributed by atoms with Crippen LogP contribution in [0.1, 0.15) is 11.6 Å². The van der Waals surface area contributed by atoms with E-state index in [1.807, 2.05) is 12.1 Å². The Morgan fingerprint density at radius 3 is 2.94 bits per heavy atom. The Labute approximate surface area is 104 Å². The third-order valence-electron chi connectivity index (χ3n) is 2.94. The highest BCUT2D eigenvalue weighted by Crippen LogP contribution is 2.36. The number of hydrogen-bond donors (Lipinski definition) is 2. The van der Waals surface area contributed by atoms with E-state index in [9.17, 15) is 9.50 Å². The molecule has 1 heterocycles. The predicted octanol–water partition coefficient (Wildman–Crippen LogP) is 3.08. The Balaban J connectivity index is 1.85. The van der Waals surface area contributed by atoms with E-state index in [-0.39, 0.29) is 17.6 Å². The zero-order valence-electron chi connectivity index (χ0n) is 9.56. The van der Waals surface area contributed by atoms with Crippen LogP contribution < -0.4 is 10.1 Å². The zero-order chi connectivity index (χ0) is 12.5. The molecule has 92 valence electrons. The van der Waals surface area contributed by atoms with Crippen LogP contribution in [0.15, 0.2) is 42.5 Å². The molecule has 0 aliphatic carbocycles. The number of benzene rings is 2. The summed E-state index contributed by atoms with van der Waals surface area (Å²) < 4.78 is 18.6. The smallest absolute Gasteiger partial charge is 0.128 e. The normalized spacial score (nSPS) is 17.1. The van der Waals surface area contributed by atoms with Gasteiger partial charge in [0.05, 0.1) is 6.04 Å². The summed E-state index contributed by atoms with van der Waals surface area (Å²) in [6.07, 6.45) is 0. The molecule has 0 saturated carbocycles. The monoisotopic (exact) mass is 245 g/mol. The summed E-state index contributed by atoms with van der Waals surface area (Å²) >= 11 is 0. The summed E-state index contributed by atoms with van der Waals surface area (Å²) in [6, 6.07) is 11.3. The molecular weight excluding hydrogens is 233 g/mol. The molecule has 1 atom stereocenters. The van der Waals surface area contributed by atoms with Gasteiger partial charge in [0.1, 0.15) is 23.9 Å². The Morgan fingerprint density at radius 2 is 2.11 bits per heavy atom. The lowest BCUT2D eigenvalue weighted by atomic mass is 10.1. The van der Waals surface area contributed by atoms with Gasteiger partial charge in [-0.25, -0.2) is 4.39 Å². The molecule has 0 radical (unpaired) electrons. The molecule has 2 N–H and O–H groups in total. The Kier molecular flexibility index (Phi) is 2.55. The van der Waals surface area contributed by atoms with Gasteiger partial charge in [-0.05, 0) is 30.3 Å².